The number of carbonyl (C=O) groups is 2. The standard InChI is InChI=1S/C15H15NO7/c1-21-10-4-7(5-11(22-2)13(10)23-3)8-6-9(14(17)18)16-12(8)15(19)20/h4-6,16H,1-3H3,(H,17,18)(H,19,20). The van der Waals surface area contributed by atoms with Crippen molar-refractivity contribution in [2.24, 2.45) is 0 Å². The van der Waals surface area contributed by atoms with Gasteiger partial charge < -0.3 is 29.4 Å². The Kier molecular flexibility index (Phi) is 4.44. The molecule has 0 aliphatic heterocycles. The number of ether oxygens (including phenoxy) is 3. The third-order valence-electron chi connectivity index (χ3n) is 3.24. The fourth-order valence-electron chi connectivity index (χ4n) is 2.20. The topological polar surface area (TPSA) is 118 Å². The number of hydrogen-bond acceptors (Lipinski definition) is 5. The second-order valence-corrected chi connectivity index (χ2v) is 4.50. The number of hydrogen-bond donors (Lipinski definition) is 3. The first kappa shape index (κ1) is 16.2. The summed E-state index contributed by atoms with van der Waals surface area (Å²) in [6.07, 6.45) is 0. The van der Waals surface area contributed by atoms with Crippen LogP contribution in [-0.2, 0) is 0 Å². The van der Waals surface area contributed by atoms with Crippen LogP contribution in [0.4, 0.5) is 0 Å². The molecule has 0 saturated heterocycles. The number of rotatable bonds is 6. The number of H-pyrrole nitrogens is 1. The quantitative estimate of drug-likeness (QED) is 0.745. The van der Waals surface area contributed by atoms with Gasteiger partial charge in [-0.1, -0.05) is 0 Å². The average Bonchev–Trinajstić information content (AvgIpc) is 2.99. The Morgan fingerprint density at radius 3 is 1.87 bits per heavy atom. The minimum atomic E-state index is -1.28. The van der Waals surface area contributed by atoms with E-state index in [1.54, 1.807) is 12.1 Å². The van der Waals surface area contributed by atoms with Crippen LogP contribution in [0.25, 0.3) is 11.1 Å². The number of benzene rings is 1. The molecular formula is C15H15NO7. The van der Waals surface area contributed by atoms with Gasteiger partial charge >= 0.3 is 11.9 Å². The third kappa shape index (κ3) is 2.91. The van der Waals surface area contributed by atoms with Gasteiger partial charge in [-0.25, -0.2) is 9.59 Å². The number of aromatic amines is 1. The van der Waals surface area contributed by atoms with Crippen LogP contribution >= 0.6 is 0 Å². The van der Waals surface area contributed by atoms with Gasteiger partial charge in [0, 0.05) is 5.56 Å². The van der Waals surface area contributed by atoms with Crippen LogP contribution in [-0.4, -0.2) is 48.5 Å². The predicted molar refractivity (Wildman–Crippen MR) is 79.8 cm³/mol. The summed E-state index contributed by atoms with van der Waals surface area (Å²) in [5.41, 5.74) is 0.151. The van der Waals surface area contributed by atoms with Crippen LogP contribution in [0, 0.1) is 0 Å². The van der Waals surface area contributed by atoms with Gasteiger partial charge in [-0.15, -0.1) is 0 Å². The number of nitrogens with one attached hydrogen (secondary N) is 1. The smallest absolute Gasteiger partial charge is 0.352 e. The van der Waals surface area contributed by atoms with E-state index in [1.807, 2.05) is 0 Å². The van der Waals surface area contributed by atoms with E-state index < -0.39 is 11.9 Å². The van der Waals surface area contributed by atoms with Crippen LogP contribution in [0.5, 0.6) is 17.2 Å². The van der Waals surface area contributed by atoms with Gasteiger partial charge in [0.1, 0.15) is 11.4 Å². The zero-order chi connectivity index (χ0) is 17.1. The first-order chi connectivity index (χ1) is 10.9. The fourth-order valence-corrected chi connectivity index (χ4v) is 2.20. The van der Waals surface area contributed by atoms with Gasteiger partial charge in [0.15, 0.2) is 11.5 Å². The number of aromatic nitrogens is 1. The lowest BCUT2D eigenvalue weighted by atomic mass is 10.0. The zero-order valence-corrected chi connectivity index (χ0v) is 12.7. The van der Waals surface area contributed by atoms with Gasteiger partial charge in [-0.3, -0.25) is 0 Å². The summed E-state index contributed by atoms with van der Waals surface area (Å²) in [6, 6.07) is 4.33. The summed E-state index contributed by atoms with van der Waals surface area (Å²) >= 11 is 0. The van der Waals surface area contributed by atoms with Crippen LogP contribution in [0.1, 0.15) is 21.0 Å². The molecule has 0 saturated carbocycles. The van der Waals surface area contributed by atoms with Crippen molar-refractivity contribution in [1.82, 2.24) is 4.98 Å². The van der Waals surface area contributed by atoms with Crippen LogP contribution in [0.15, 0.2) is 18.2 Å². The normalized spacial score (nSPS) is 10.2. The summed E-state index contributed by atoms with van der Waals surface area (Å²) in [6.45, 7) is 0. The van der Waals surface area contributed by atoms with Crippen molar-refractivity contribution >= 4 is 11.9 Å². The Hall–Kier alpha value is -3.16. The van der Waals surface area contributed by atoms with Gasteiger partial charge in [0.2, 0.25) is 5.75 Å². The van der Waals surface area contributed by atoms with Crippen molar-refractivity contribution in [2.75, 3.05) is 21.3 Å². The van der Waals surface area contributed by atoms with E-state index in [-0.39, 0.29) is 17.0 Å². The van der Waals surface area contributed by atoms with Crippen molar-refractivity contribution in [1.29, 1.82) is 0 Å². The first-order valence-corrected chi connectivity index (χ1v) is 6.42. The Balaban J connectivity index is 2.71. The largest absolute Gasteiger partial charge is 0.493 e. The van der Waals surface area contributed by atoms with Crippen molar-refractivity contribution in [2.45, 2.75) is 0 Å². The van der Waals surface area contributed by atoms with E-state index in [0.717, 1.165) is 0 Å². The molecule has 0 atom stereocenters. The van der Waals surface area contributed by atoms with Gasteiger partial charge in [0.05, 0.1) is 21.3 Å². The van der Waals surface area contributed by atoms with E-state index in [4.69, 9.17) is 19.3 Å². The Labute approximate surface area is 131 Å². The van der Waals surface area contributed by atoms with E-state index in [2.05, 4.69) is 4.98 Å². The van der Waals surface area contributed by atoms with Crippen LogP contribution in [0.2, 0.25) is 0 Å². The summed E-state index contributed by atoms with van der Waals surface area (Å²) in [5.74, 6) is -1.52. The Morgan fingerprint density at radius 1 is 0.913 bits per heavy atom. The molecule has 0 spiro atoms. The molecule has 122 valence electrons. The molecule has 0 aliphatic carbocycles. The number of carboxylic acid groups (broad SMARTS) is 2. The minimum absolute atomic E-state index is 0.203. The maximum Gasteiger partial charge on any atom is 0.352 e. The number of carboxylic acids is 2. The maximum absolute atomic E-state index is 11.4. The van der Waals surface area contributed by atoms with E-state index in [9.17, 15) is 14.7 Å². The zero-order valence-electron chi connectivity index (χ0n) is 12.7. The lowest BCUT2D eigenvalue weighted by Crippen LogP contribution is -2.01. The molecule has 0 bridgehead atoms. The molecule has 0 aliphatic rings. The molecule has 0 unspecified atom stereocenters. The van der Waals surface area contributed by atoms with Gasteiger partial charge in [0.25, 0.3) is 0 Å². The summed E-state index contributed by atoms with van der Waals surface area (Å²) in [4.78, 5) is 24.8. The predicted octanol–water partition coefficient (Wildman–Crippen LogP) is 2.10. The van der Waals surface area contributed by atoms with Crippen molar-refractivity contribution < 1.29 is 34.0 Å². The summed E-state index contributed by atoms with van der Waals surface area (Å²) < 4.78 is 15.6. The molecule has 1 aromatic carbocycles. The summed E-state index contributed by atoms with van der Waals surface area (Å²) in [7, 11) is 4.31. The van der Waals surface area contributed by atoms with Gasteiger partial charge in [-0.05, 0) is 23.8 Å². The molecule has 3 N–H and O–H groups in total. The molecule has 23 heavy (non-hydrogen) atoms. The molecule has 8 heteroatoms. The molecule has 0 radical (unpaired) electrons. The van der Waals surface area contributed by atoms with E-state index >= 15 is 0 Å². The highest BCUT2D eigenvalue weighted by Gasteiger charge is 2.22. The minimum Gasteiger partial charge on any atom is -0.493 e. The maximum atomic E-state index is 11.4. The summed E-state index contributed by atoms with van der Waals surface area (Å²) in [5, 5.41) is 18.3. The molecule has 0 amide bonds. The Bertz CT molecular complexity index is 738. The van der Waals surface area contributed by atoms with Crippen LogP contribution in [0.3, 0.4) is 0 Å². The van der Waals surface area contributed by atoms with Crippen molar-refractivity contribution in [3.8, 4) is 28.4 Å². The highest BCUT2D eigenvalue weighted by molar-refractivity contribution is 5.99. The third-order valence-corrected chi connectivity index (χ3v) is 3.24. The molecule has 1 aromatic heterocycles. The second-order valence-electron chi connectivity index (χ2n) is 4.50. The molecule has 8 nitrogen and oxygen atoms in total. The molecule has 2 aromatic rings. The number of aromatic carboxylic acids is 2. The first-order valence-electron chi connectivity index (χ1n) is 6.42. The highest BCUT2D eigenvalue weighted by Crippen LogP contribution is 2.42. The molecule has 0 fully saturated rings. The van der Waals surface area contributed by atoms with E-state index in [0.29, 0.717) is 22.8 Å². The SMILES string of the molecule is COc1cc(-c2cc(C(=O)O)[nH]c2C(=O)O)cc(OC)c1OC. The average molecular weight is 321 g/mol. The van der Waals surface area contributed by atoms with Crippen molar-refractivity contribution in [3.05, 3.63) is 29.6 Å². The van der Waals surface area contributed by atoms with E-state index in [1.165, 1.54) is 27.4 Å². The highest BCUT2D eigenvalue weighted by atomic mass is 16.5. The second kappa shape index (κ2) is 6.30. The number of methoxy groups -OCH3 is 3. The molecular weight excluding hydrogens is 306 g/mol. The molecule has 1 heterocycles. The molecule has 2 rings (SSSR count). The lowest BCUT2D eigenvalue weighted by Gasteiger charge is -2.14. The lowest BCUT2D eigenvalue weighted by molar-refractivity contribution is 0.0689. The van der Waals surface area contributed by atoms with Gasteiger partial charge in [-0.2, -0.15) is 0 Å². The fraction of sp³-hybridized carbons (Fsp3) is 0.200. The van der Waals surface area contributed by atoms with Crippen molar-refractivity contribution in [3.63, 3.8) is 0 Å². The Morgan fingerprint density at radius 2 is 1.48 bits per heavy atom. The monoisotopic (exact) mass is 321 g/mol. The van der Waals surface area contributed by atoms with Crippen LogP contribution < -0.4 is 14.2 Å².